The average molecular weight is 486 g/mol. The molecule has 0 aromatic heterocycles. The molecule has 3 fully saturated rings. The molecule has 1 atom stereocenters. The fourth-order valence-corrected chi connectivity index (χ4v) is 6.45. The van der Waals surface area contributed by atoms with E-state index in [4.69, 9.17) is 9.47 Å². The van der Waals surface area contributed by atoms with Gasteiger partial charge in [-0.1, -0.05) is 19.8 Å². The van der Waals surface area contributed by atoms with Crippen LogP contribution in [0.3, 0.4) is 0 Å². The molecule has 0 radical (unpaired) electrons. The van der Waals surface area contributed by atoms with Crippen LogP contribution in [0.25, 0.3) is 0 Å². The highest BCUT2D eigenvalue weighted by atomic mass is 16.6. The van der Waals surface area contributed by atoms with Crippen molar-refractivity contribution in [3.63, 3.8) is 0 Å². The molecule has 7 nitrogen and oxygen atoms in total. The molecule has 0 bridgehead atoms. The number of carbonyl (C=O) groups is 2. The normalized spacial score (nSPS) is 23.1. The predicted octanol–water partition coefficient (Wildman–Crippen LogP) is 4.78. The number of ether oxygens (including phenoxy) is 2. The summed E-state index contributed by atoms with van der Waals surface area (Å²) in [5.74, 6) is 0.968. The van der Waals surface area contributed by atoms with E-state index in [1.165, 1.54) is 0 Å². The monoisotopic (exact) mass is 485 g/mol. The maximum Gasteiger partial charge on any atom is 0.410 e. The molecule has 3 saturated heterocycles. The van der Waals surface area contributed by atoms with Gasteiger partial charge < -0.3 is 19.3 Å². The van der Waals surface area contributed by atoms with Crippen LogP contribution < -0.4 is 4.74 Å². The van der Waals surface area contributed by atoms with Crippen molar-refractivity contribution >= 4 is 12.0 Å². The maximum atomic E-state index is 13.4. The van der Waals surface area contributed by atoms with E-state index in [0.717, 1.165) is 93.6 Å². The third-order valence-corrected chi connectivity index (χ3v) is 8.43. The van der Waals surface area contributed by atoms with Crippen molar-refractivity contribution < 1.29 is 19.1 Å². The van der Waals surface area contributed by atoms with E-state index in [9.17, 15) is 9.59 Å². The van der Waals surface area contributed by atoms with Crippen LogP contribution >= 0.6 is 0 Å². The van der Waals surface area contributed by atoms with E-state index in [1.54, 1.807) is 0 Å². The van der Waals surface area contributed by atoms with Crippen LogP contribution in [-0.2, 0) is 4.74 Å². The lowest BCUT2D eigenvalue weighted by Gasteiger charge is -2.46. The first kappa shape index (κ1) is 25.8. The summed E-state index contributed by atoms with van der Waals surface area (Å²) in [5, 5.41) is 0. The highest BCUT2D eigenvalue weighted by Gasteiger charge is 2.53. The van der Waals surface area contributed by atoms with Crippen molar-refractivity contribution in [2.24, 2.45) is 0 Å². The van der Waals surface area contributed by atoms with Crippen LogP contribution in [0.15, 0.2) is 12.1 Å². The zero-order chi connectivity index (χ0) is 25.2. The number of unbranched alkanes of at least 4 members (excludes halogenated alkanes) is 1. The van der Waals surface area contributed by atoms with Gasteiger partial charge in [0.25, 0.3) is 5.91 Å². The van der Waals surface area contributed by atoms with Crippen molar-refractivity contribution in [1.29, 1.82) is 0 Å². The first-order valence-electron chi connectivity index (χ1n) is 13.5. The van der Waals surface area contributed by atoms with Gasteiger partial charge in [-0.3, -0.25) is 9.69 Å². The first-order chi connectivity index (χ1) is 16.8. The van der Waals surface area contributed by atoms with Crippen molar-refractivity contribution in [1.82, 2.24) is 14.7 Å². The molecule has 3 heterocycles. The molecule has 7 heteroatoms. The van der Waals surface area contributed by atoms with Gasteiger partial charge in [0, 0.05) is 57.7 Å². The smallest absolute Gasteiger partial charge is 0.410 e. The third-order valence-electron chi connectivity index (χ3n) is 8.43. The molecule has 35 heavy (non-hydrogen) atoms. The quantitative estimate of drug-likeness (QED) is 0.556. The minimum Gasteiger partial charge on any atom is -0.494 e. The Kier molecular flexibility index (Phi) is 7.94. The molecule has 1 aromatic carbocycles. The molecule has 1 aromatic rings. The number of carbonyl (C=O) groups excluding carboxylic acids is 2. The molecule has 0 aliphatic carbocycles. The second-order valence-corrected chi connectivity index (χ2v) is 10.6. The Hall–Kier alpha value is -2.28. The Morgan fingerprint density at radius 3 is 2.29 bits per heavy atom. The molecule has 0 saturated carbocycles. The van der Waals surface area contributed by atoms with Crippen molar-refractivity contribution in [2.45, 2.75) is 90.3 Å². The molecule has 4 rings (SSSR count). The summed E-state index contributed by atoms with van der Waals surface area (Å²) in [5.41, 5.74) is 2.46. The molecule has 1 spiro atoms. The first-order valence-corrected chi connectivity index (χ1v) is 13.5. The lowest BCUT2D eigenvalue weighted by atomic mass is 9.81. The summed E-state index contributed by atoms with van der Waals surface area (Å²) in [4.78, 5) is 32.2. The minimum absolute atomic E-state index is 0.138. The maximum absolute atomic E-state index is 13.4. The van der Waals surface area contributed by atoms with Gasteiger partial charge in [-0.25, -0.2) is 4.79 Å². The van der Waals surface area contributed by atoms with Crippen LogP contribution in [0.2, 0.25) is 0 Å². The zero-order valence-corrected chi connectivity index (χ0v) is 22.3. The molecule has 2 amide bonds. The van der Waals surface area contributed by atoms with Gasteiger partial charge in [-0.2, -0.15) is 0 Å². The number of amides is 2. The van der Waals surface area contributed by atoms with Gasteiger partial charge in [0.15, 0.2) is 0 Å². The van der Waals surface area contributed by atoms with E-state index in [2.05, 4.69) is 11.8 Å². The Balaban J connectivity index is 1.33. The van der Waals surface area contributed by atoms with Crippen LogP contribution in [0, 0.1) is 13.8 Å². The lowest BCUT2D eigenvalue weighted by Crippen LogP contribution is -2.55. The standard InChI is InChI=1S/C28H43N3O4/c1-6-8-9-24-28(35-27(33)29(24)5)12-16-30(17-13-28)22-10-14-31(15-11-22)26(32)25-20(3)18-23(34-7-2)19-21(25)4/h18-19,22,24H,6-17H2,1-5H3. The van der Waals surface area contributed by atoms with Gasteiger partial charge in [0.1, 0.15) is 11.4 Å². The Morgan fingerprint density at radius 2 is 1.71 bits per heavy atom. The van der Waals surface area contributed by atoms with Crippen molar-refractivity contribution in [3.8, 4) is 5.75 Å². The number of aryl methyl sites for hydroxylation is 2. The number of piperidine rings is 2. The number of hydrogen-bond acceptors (Lipinski definition) is 5. The molecule has 1 unspecified atom stereocenters. The summed E-state index contributed by atoms with van der Waals surface area (Å²) in [6.07, 6.45) is 6.90. The molecular weight excluding hydrogens is 442 g/mol. The van der Waals surface area contributed by atoms with Gasteiger partial charge >= 0.3 is 6.09 Å². The minimum atomic E-state index is -0.323. The van der Waals surface area contributed by atoms with E-state index in [0.29, 0.717) is 12.6 Å². The molecule has 0 N–H and O–H groups in total. The van der Waals surface area contributed by atoms with Gasteiger partial charge in [0.2, 0.25) is 0 Å². The molecule has 3 aliphatic rings. The van der Waals surface area contributed by atoms with Crippen molar-refractivity contribution in [3.05, 3.63) is 28.8 Å². The highest BCUT2D eigenvalue weighted by Crippen LogP contribution is 2.41. The Labute approximate surface area is 210 Å². The van der Waals surface area contributed by atoms with Crippen molar-refractivity contribution in [2.75, 3.05) is 39.8 Å². The fourth-order valence-electron chi connectivity index (χ4n) is 6.45. The van der Waals surface area contributed by atoms with Gasteiger partial charge in [-0.05, 0) is 63.3 Å². The summed E-state index contributed by atoms with van der Waals surface area (Å²) in [6, 6.07) is 4.63. The summed E-state index contributed by atoms with van der Waals surface area (Å²) < 4.78 is 11.6. The summed E-state index contributed by atoms with van der Waals surface area (Å²) in [7, 11) is 1.89. The lowest BCUT2D eigenvalue weighted by molar-refractivity contribution is -0.0375. The zero-order valence-electron chi connectivity index (χ0n) is 22.3. The molecule has 194 valence electrons. The topological polar surface area (TPSA) is 62.3 Å². The number of likely N-dealkylation sites (N-methyl/N-ethyl adjacent to an activating group) is 1. The Morgan fingerprint density at radius 1 is 1.09 bits per heavy atom. The second kappa shape index (κ2) is 10.8. The highest BCUT2D eigenvalue weighted by molar-refractivity contribution is 5.97. The predicted molar refractivity (Wildman–Crippen MR) is 137 cm³/mol. The number of nitrogens with zero attached hydrogens (tertiary/aromatic N) is 3. The fraction of sp³-hybridized carbons (Fsp3) is 0.714. The van der Waals surface area contributed by atoms with E-state index >= 15 is 0 Å². The van der Waals surface area contributed by atoms with Crippen LogP contribution in [-0.4, -0.2) is 84.2 Å². The number of benzene rings is 1. The molecule has 3 aliphatic heterocycles. The van der Waals surface area contributed by atoms with Gasteiger partial charge in [0.05, 0.1) is 12.6 Å². The number of rotatable bonds is 7. The average Bonchev–Trinajstić information content (AvgIpc) is 3.06. The van der Waals surface area contributed by atoms with Gasteiger partial charge in [-0.15, -0.1) is 0 Å². The Bertz CT molecular complexity index is 894. The summed E-state index contributed by atoms with van der Waals surface area (Å²) in [6.45, 7) is 12.3. The SMILES string of the molecule is CCCCC1N(C)C(=O)OC12CCN(C1CCN(C(=O)c3c(C)cc(OCC)cc3C)CC1)CC2. The third kappa shape index (κ3) is 5.16. The van der Waals surface area contributed by atoms with Crippen LogP contribution in [0.5, 0.6) is 5.75 Å². The van der Waals surface area contributed by atoms with E-state index in [-0.39, 0.29) is 23.6 Å². The molecular formula is C28H43N3O4. The number of hydrogen-bond donors (Lipinski definition) is 0. The largest absolute Gasteiger partial charge is 0.494 e. The van der Waals surface area contributed by atoms with Crippen LogP contribution in [0.4, 0.5) is 4.79 Å². The number of likely N-dealkylation sites (tertiary alicyclic amines) is 2. The van der Waals surface area contributed by atoms with E-state index in [1.807, 2.05) is 49.8 Å². The van der Waals surface area contributed by atoms with E-state index < -0.39 is 0 Å². The summed E-state index contributed by atoms with van der Waals surface area (Å²) >= 11 is 0. The van der Waals surface area contributed by atoms with Crippen LogP contribution in [0.1, 0.15) is 80.3 Å². The second-order valence-electron chi connectivity index (χ2n) is 10.6.